The van der Waals surface area contributed by atoms with E-state index in [9.17, 15) is 18.0 Å². The molecule has 0 aliphatic carbocycles. The number of piperidine rings is 1. The summed E-state index contributed by atoms with van der Waals surface area (Å²) in [7, 11) is -2.09. The zero-order chi connectivity index (χ0) is 24.2. The van der Waals surface area contributed by atoms with Crippen molar-refractivity contribution in [2.24, 2.45) is 5.92 Å². The summed E-state index contributed by atoms with van der Waals surface area (Å²) >= 11 is 0. The molecule has 33 heavy (non-hydrogen) atoms. The Hall–Kier alpha value is -2.91. The van der Waals surface area contributed by atoms with E-state index in [-0.39, 0.29) is 13.1 Å². The molecule has 8 nitrogen and oxygen atoms in total. The highest BCUT2D eigenvalue weighted by atomic mass is 32.2. The number of carbonyl (C=O) groups is 2. The summed E-state index contributed by atoms with van der Waals surface area (Å²) in [5.41, 5.74) is 3.02. The van der Waals surface area contributed by atoms with Crippen LogP contribution in [0.1, 0.15) is 29.5 Å². The van der Waals surface area contributed by atoms with E-state index in [1.807, 2.05) is 19.1 Å². The second-order valence-corrected chi connectivity index (χ2v) is 10.2. The highest BCUT2D eigenvalue weighted by Crippen LogP contribution is 2.29. The number of nitrogens with zero attached hydrogens (tertiary/aromatic N) is 1. The molecule has 0 atom stereocenters. The lowest BCUT2D eigenvalue weighted by molar-refractivity contribution is -0.152. The van der Waals surface area contributed by atoms with Crippen LogP contribution in [0.4, 0.5) is 5.69 Å². The van der Waals surface area contributed by atoms with E-state index in [2.05, 4.69) is 5.32 Å². The number of sulfonamides is 1. The van der Waals surface area contributed by atoms with Crippen LogP contribution in [0.2, 0.25) is 0 Å². The molecule has 1 aliphatic heterocycles. The zero-order valence-corrected chi connectivity index (χ0v) is 20.2. The number of nitrogens with one attached hydrogen (secondary N) is 1. The van der Waals surface area contributed by atoms with E-state index >= 15 is 0 Å². The van der Waals surface area contributed by atoms with Gasteiger partial charge in [0, 0.05) is 18.8 Å². The quantitative estimate of drug-likeness (QED) is 0.619. The van der Waals surface area contributed by atoms with Crippen molar-refractivity contribution >= 4 is 27.6 Å². The summed E-state index contributed by atoms with van der Waals surface area (Å²) in [6.45, 7) is 5.59. The average Bonchev–Trinajstić information content (AvgIpc) is 2.77. The molecule has 178 valence electrons. The SMILES string of the molecule is COc1ccc(NC(=O)COC(=O)C2CCN(S(=O)(=O)c3c(C)cc(C)cc3C)CC2)cc1. The molecule has 0 spiro atoms. The fourth-order valence-electron chi connectivity index (χ4n) is 4.16. The molecule has 2 aromatic carbocycles. The minimum atomic E-state index is -3.65. The largest absolute Gasteiger partial charge is 0.497 e. The maximum Gasteiger partial charge on any atom is 0.309 e. The van der Waals surface area contributed by atoms with E-state index in [1.165, 1.54) is 4.31 Å². The first-order valence-corrected chi connectivity index (χ1v) is 12.2. The van der Waals surface area contributed by atoms with E-state index in [1.54, 1.807) is 45.2 Å². The number of esters is 1. The van der Waals surface area contributed by atoms with Gasteiger partial charge >= 0.3 is 5.97 Å². The molecule has 1 fully saturated rings. The highest BCUT2D eigenvalue weighted by molar-refractivity contribution is 7.89. The van der Waals surface area contributed by atoms with Crippen molar-refractivity contribution < 1.29 is 27.5 Å². The van der Waals surface area contributed by atoms with Crippen LogP contribution in [-0.4, -0.2) is 51.4 Å². The van der Waals surface area contributed by atoms with Crippen LogP contribution in [0.5, 0.6) is 5.75 Å². The van der Waals surface area contributed by atoms with Crippen molar-refractivity contribution in [1.82, 2.24) is 4.31 Å². The predicted octanol–water partition coefficient (Wildman–Crippen LogP) is 3.20. The molecule has 1 N–H and O–H groups in total. The van der Waals surface area contributed by atoms with Crippen LogP contribution in [-0.2, 0) is 24.3 Å². The Kier molecular flexibility index (Phi) is 7.76. The summed E-state index contributed by atoms with van der Waals surface area (Å²) in [4.78, 5) is 24.8. The minimum absolute atomic E-state index is 0.229. The molecule has 0 radical (unpaired) electrons. The average molecular weight is 475 g/mol. The van der Waals surface area contributed by atoms with E-state index < -0.39 is 34.4 Å². The number of hydrogen-bond donors (Lipinski definition) is 1. The van der Waals surface area contributed by atoms with Crippen molar-refractivity contribution in [1.29, 1.82) is 0 Å². The monoisotopic (exact) mass is 474 g/mol. The fourth-order valence-corrected chi connectivity index (χ4v) is 6.04. The van der Waals surface area contributed by atoms with Crippen molar-refractivity contribution in [3.05, 3.63) is 53.1 Å². The Morgan fingerprint density at radius 3 is 2.15 bits per heavy atom. The topological polar surface area (TPSA) is 102 Å². The number of hydrogen-bond acceptors (Lipinski definition) is 6. The summed E-state index contributed by atoms with van der Waals surface area (Å²) in [5, 5.41) is 2.65. The van der Waals surface area contributed by atoms with Crippen molar-refractivity contribution in [3.8, 4) is 5.75 Å². The molecule has 0 saturated carbocycles. The number of aryl methyl sites for hydroxylation is 3. The smallest absolute Gasteiger partial charge is 0.309 e. The molecule has 0 unspecified atom stereocenters. The van der Waals surface area contributed by atoms with E-state index in [0.29, 0.717) is 29.2 Å². The van der Waals surface area contributed by atoms with Gasteiger partial charge in [-0.1, -0.05) is 17.7 Å². The lowest BCUT2D eigenvalue weighted by Gasteiger charge is -2.31. The Morgan fingerprint density at radius 1 is 1.03 bits per heavy atom. The van der Waals surface area contributed by atoms with Gasteiger partial charge in [0.25, 0.3) is 5.91 Å². The Labute approximate surface area is 194 Å². The van der Waals surface area contributed by atoms with Crippen LogP contribution in [0, 0.1) is 26.7 Å². The lowest BCUT2D eigenvalue weighted by Crippen LogP contribution is -2.41. The van der Waals surface area contributed by atoms with Crippen molar-refractivity contribution in [3.63, 3.8) is 0 Å². The van der Waals surface area contributed by atoms with Crippen LogP contribution >= 0.6 is 0 Å². The van der Waals surface area contributed by atoms with Crippen molar-refractivity contribution in [2.45, 2.75) is 38.5 Å². The Morgan fingerprint density at radius 2 is 1.61 bits per heavy atom. The normalized spacial score (nSPS) is 15.2. The van der Waals surface area contributed by atoms with Gasteiger partial charge in [-0.15, -0.1) is 0 Å². The molecule has 0 aromatic heterocycles. The molecule has 1 heterocycles. The third-order valence-electron chi connectivity index (χ3n) is 5.71. The first-order chi connectivity index (χ1) is 15.6. The molecular weight excluding hydrogens is 444 g/mol. The van der Waals surface area contributed by atoms with Gasteiger partial charge in [0.2, 0.25) is 10.0 Å². The fraction of sp³-hybridized carbons (Fsp3) is 0.417. The maximum absolute atomic E-state index is 13.2. The van der Waals surface area contributed by atoms with Gasteiger partial charge in [-0.05, 0) is 69.0 Å². The van der Waals surface area contributed by atoms with Gasteiger partial charge in [-0.3, -0.25) is 9.59 Å². The van der Waals surface area contributed by atoms with Gasteiger partial charge < -0.3 is 14.8 Å². The number of benzene rings is 2. The maximum atomic E-state index is 13.2. The number of anilines is 1. The Bertz CT molecular complexity index is 1100. The van der Waals surface area contributed by atoms with Gasteiger partial charge in [0.15, 0.2) is 6.61 Å². The second-order valence-electron chi connectivity index (χ2n) is 8.29. The third kappa shape index (κ3) is 5.91. The van der Waals surface area contributed by atoms with Crippen LogP contribution in [0.3, 0.4) is 0 Å². The standard InChI is InChI=1S/C24H30N2O6S/c1-16-13-17(2)23(18(3)14-16)33(29,30)26-11-9-19(10-12-26)24(28)32-15-22(27)25-20-5-7-21(31-4)8-6-20/h5-8,13-14,19H,9-12,15H2,1-4H3,(H,25,27). The van der Waals surface area contributed by atoms with Gasteiger partial charge in [-0.25, -0.2) is 8.42 Å². The second kappa shape index (κ2) is 10.4. The lowest BCUT2D eigenvalue weighted by atomic mass is 9.98. The number of rotatable bonds is 7. The summed E-state index contributed by atoms with van der Waals surface area (Å²) in [5.74, 6) is -0.704. The number of carbonyl (C=O) groups excluding carboxylic acids is 2. The molecule has 1 saturated heterocycles. The van der Waals surface area contributed by atoms with Crippen LogP contribution < -0.4 is 10.1 Å². The molecule has 1 amide bonds. The molecule has 0 bridgehead atoms. The van der Waals surface area contributed by atoms with Crippen LogP contribution in [0.15, 0.2) is 41.3 Å². The van der Waals surface area contributed by atoms with Crippen molar-refractivity contribution in [2.75, 3.05) is 32.1 Å². The molecular formula is C24H30N2O6S. The predicted molar refractivity (Wildman–Crippen MR) is 125 cm³/mol. The molecule has 1 aliphatic rings. The zero-order valence-electron chi connectivity index (χ0n) is 19.4. The minimum Gasteiger partial charge on any atom is -0.497 e. The number of methoxy groups -OCH3 is 1. The van der Waals surface area contributed by atoms with Crippen LogP contribution in [0.25, 0.3) is 0 Å². The summed E-state index contributed by atoms with van der Waals surface area (Å²) in [6.07, 6.45) is 0.699. The summed E-state index contributed by atoms with van der Waals surface area (Å²) < 4.78 is 38.1. The first kappa shape index (κ1) is 24.7. The van der Waals surface area contributed by atoms with Gasteiger partial charge in [0.05, 0.1) is 17.9 Å². The number of ether oxygens (including phenoxy) is 2. The van der Waals surface area contributed by atoms with Gasteiger partial charge in [0.1, 0.15) is 5.75 Å². The Balaban J connectivity index is 1.52. The highest BCUT2D eigenvalue weighted by Gasteiger charge is 2.34. The first-order valence-electron chi connectivity index (χ1n) is 10.8. The molecule has 2 aromatic rings. The van der Waals surface area contributed by atoms with E-state index in [4.69, 9.17) is 9.47 Å². The molecule has 9 heteroatoms. The number of amides is 1. The van der Waals surface area contributed by atoms with E-state index in [0.717, 1.165) is 16.7 Å². The summed E-state index contributed by atoms with van der Waals surface area (Å²) in [6, 6.07) is 10.5. The third-order valence-corrected chi connectivity index (χ3v) is 7.91. The van der Waals surface area contributed by atoms with Gasteiger partial charge in [-0.2, -0.15) is 4.31 Å². The molecule has 3 rings (SSSR count).